The predicted molar refractivity (Wildman–Crippen MR) is 67.2 cm³/mol. The Hall–Kier alpha value is -0.0800. The van der Waals surface area contributed by atoms with Gasteiger partial charge in [-0.3, -0.25) is 0 Å². The van der Waals surface area contributed by atoms with E-state index in [1.807, 2.05) is 0 Å². The van der Waals surface area contributed by atoms with Crippen molar-refractivity contribution in [2.75, 3.05) is 6.61 Å². The SMILES string of the molecule is CCC(N)COC1CC2CCC1(C)C2(C)C. The van der Waals surface area contributed by atoms with E-state index in [1.165, 1.54) is 19.3 Å². The molecule has 2 rings (SSSR count). The van der Waals surface area contributed by atoms with Gasteiger partial charge in [-0.15, -0.1) is 0 Å². The third-order valence-electron chi connectivity index (χ3n) is 5.75. The van der Waals surface area contributed by atoms with Gasteiger partial charge in [0.05, 0.1) is 12.7 Å². The molecule has 4 atom stereocenters. The van der Waals surface area contributed by atoms with E-state index < -0.39 is 0 Å². The number of nitrogens with two attached hydrogens (primary N) is 1. The van der Waals surface area contributed by atoms with E-state index in [2.05, 4.69) is 27.7 Å². The minimum Gasteiger partial charge on any atom is -0.376 e. The molecule has 94 valence electrons. The highest BCUT2D eigenvalue weighted by molar-refractivity contribution is 5.11. The molecule has 2 N–H and O–H groups in total. The first-order chi connectivity index (χ1) is 7.41. The van der Waals surface area contributed by atoms with Gasteiger partial charge in [-0.05, 0) is 42.4 Å². The molecule has 2 nitrogen and oxygen atoms in total. The zero-order chi connectivity index (χ0) is 12.0. The summed E-state index contributed by atoms with van der Waals surface area (Å²) < 4.78 is 6.10. The molecular weight excluding hydrogens is 198 g/mol. The van der Waals surface area contributed by atoms with Crippen LogP contribution in [0.4, 0.5) is 0 Å². The number of hydrogen-bond acceptors (Lipinski definition) is 2. The van der Waals surface area contributed by atoms with Gasteiger partial charge in [0.1, 0.15) is 0 Å². The normalized spacial score (nSPS) is 42.6. The number of fused-ring (bicyclic) bond motifs is 2. The van der Waals surface area contributed by atoms with Crippen molar-refractivity contribution in [3.05, 3.63) is 0 Å². The zero-order valence-corrected chi connectivity index (χ0v) is 11.3. The first kappa shape index (κ1) is 12.4. The number of hydrogen-bond donors (Lipinski definition) is 1. The molecule has 2 bridgehead atoms. The van der Waals surface area contributed by atoms with Gasteiger partial charge in [0, 0.05) is 6.04 Å². The van der Waals surface area contributed by atoms with Gasteiger partial charge in [0.25, 0.3) is 0 Å². The lowest BCUT2D eigenvalue weighted by atomic mass is 9.70. The van der Waals surface area contributed by atoms with E-state index in [9.17, 15) is 0 Å². The fourth-order valence-corrected chi connectivity index (χ4v) is 3.74. The Morgan fingerprint density at radius 1 is 1.38 bits per heavy atom. The average molecular weight is 225 g/mol. The molecule has 2 heteroatoms. The summed E-state index contributed by atoms with van der Waals surface area (Å²) >= 11 is 0. The number of rotatable bonds is 4. The summed E-state index contributed by atoms with van der Waals surface area (Å²) in [6.45, 7) is 10.1. The van der Waals surface area contributed by atoms with Crippen LogP contribution < -0.4 is 5.73 Å². The Bertz CT molecular complexity index is 263. The average Bonchev–Trinajstić information content (AvgIpc) is 2.58. The summed E-state index contributed by atoms with van der Waals surface area (Å²) in [4.78, 5) is 0. The van der Waals surface area contributed by atoms with Gasteiger partial charge in [0.2, 0.25) is 0 Å². The van der Waals surface area contributed by atoms with Gasteiger partial charge in [-0.1, -0.05) is 27.7 Å². The van der Waals surface area contributed by atoms with E-state index in [0.29, 0.717) is 16.9 Å². The van der Waals surface area contributed by atoms with Crippen molar-refractivity contribution in [1.82, 2.24) is 0 Å². The third kappa shape index (κ3) is 1.62. The Morgan fingerprint density at radius 3 is 2.50 bits per heavy atom. The fraction of sp³-hybridized carbons (Fsp3) is 1.00. The minimum absolute atomic E-state index is 0.214. The smallest absolute Gasteiger partial charge is 0.0637 e. The highest BCUT2D eigenvalue weighted by atomic mass is 16.5. The van der Waals surface area contributed by atoms with Crippen LogP contribution in [0.15, 0.2) is 0 Å². The lowest BCUT2D eigenvalue weighted by Crippen LogP contribution is -2.39. The maximum Gasteiger partial charge on any atom is 0.0637 e. The van der Waals surface area contributed by atoms with Crippen molar-refractivity contribution in [3.8, 4) is 0 Å². The molecule has 2 aliphatic rings. The molecule has 0 amide bonds. The van der Waals surface area contributed by atoms with Crippen molar-refractivity contribution < 1.29 is 4.74 Å². The van der Waals surface area contributed by atoms with E-state index in [4.69, 9.17) is 10.5 Å². The maximum atomic E-state index is 6.10. The highest BCUT2D eigenvalue weighted by Crippen LogP contribution is 2.66. The second-order valence-corrected chi connectivity index (χ2v) is 6.60. The van der Waals surface area contributed by atoms with Crippen LogP contribution in [0, 0.1) is 16.7 Å². The summed E-state index contributed by atoms with van der Waals surface area (Å²) in [5, 5.41) is 0. The third-order valence-corrected chi connectivity index (χ3v) is 5.75. The molecule has 2 aliphatic carbocycles. The van der Waals surface area contributed by atoms with Crippen LogP contribution in [0.1, 0.15) is 53.4 Å². The topological polar surface area (TPSA) is 35.2 Å². The second kappa shape index (κ2) is 3.99. The summed E-state index contributed by atoms with van der Waals surface area (Å²) in [7, 11) is 0. The molecule has 0 aliphatic heterocycles. The van der Waals surface area contributed by atoms with Crippen LogP contribution in [0.5, 0.6) is 0 Å². The molecule has 0 saturated heterocycles. The minimum atomic E-state index is 0.214. The molecule has 0 heterocycles. The summed E-state index contributed by atoms with van der Waals surface area (Å²) in [5.74, 6) is 0.861. The highest BCUT2D eigenvalue weighted by Gasteiger charge is 2.61. The van der Waals surface area contributed by atoms with Crippen LogP contribution >= 0.6 is 0 Å². The van der Waals surface area contributed by atoms with Crippen molar-refractivity contribution in [2.24, 2.45) is 22.5 Å². The Kier molecular flexibility index (Phi) is 3.09. The van der Waals surface area contributed by atoms with Crippen LogP contribution in [0.3, 0.4) is 0 Å². The van der Waals surface area contributed by atoms with Crippen LogP contribution in [0.2, 0.25) is 0 Å². The first-order valence-electron chi connectivity index (χ1n) is 6.79. The van der Waals surface area contributed by atoms with Crippen molar-refractivity contribution >= 4 is 0 Å². The monoisotopic (exact) mass is 225 g/mol. The second-order valence-electron chi connectivity index (χ2n) is 6.60. The van der Waals surface area contributed by atoms with E-state index in [0.717, 1.165) is 18.9 Å². The van der Waals surface area contributed by atoms with Gasteiger partial charge in [0.15, 0.2) is 0 Å². The van der Waals surface area contributed by atoms with Crippen molar-refractivity contribution in [1.29, 1.82) is 0 Å². The van der Waals surface area contributed by atoms with E-state index in [1.54, 1.807) is 0 Å². The van der Waals surface area contributed by atoms with Crippen LogP contribution in [-0.2, 0) is 4.74 Å². The van der Waals surface area contributed by atoms with Crippen LogP contribution in [0.25, 0.3) is 0 Å². The van der Waals surface area contributed by atoms with Crippen molar-refractivity contribution in [2.45, 2.75) is 65.5 Å². The van der Waals surface area contributed by atoms with Gasteiger partial charge in [-0.2, -0.15) is 0 Å². The van der Waals surface area contributed by atoms with Crippen molar-refractivity contribution in [3.63, 3.8) is 0 Å². The molecule has 0 aromatic carbocycles. The Balaban J connectivity index is 1.99. The maximum absolute atomic E-state index is 6.10. The molecule has 0 aromatic heterocycles. The van der Waals surface area contributed by atoms with Gasteiger partial charge in [-0.25, -0.2) is 0 Å². The zero-order valence-electron chi connectivity index (χ0n) is 11.3. The lowest BCUT2D eigenvalue weighted by Gasteiger charge is -2.39. The summed E-state index contributed by atoms with van der Waals surface area (Å²) in [6.07, 6.45) is 5.43. The predicted octanol–water partition coefficient (Wildman–Crippen LogP) is 2.96. The van der Waals surface area contributed by atoms with Crippen LogP contribution in [-0.4, -0.2) is 18.8 Å². The Morgan fingerprint density at radius 2 is 2.06 bits per heavy atom. The molecule has 4 unspecified atom stereocenters. The first-order valence-corrected chi connectivity index (χ1v) is 6.79. The number of ether oxygens (including phenoxy) is 1. The fourth-order valence-electron chi connectivity index (χ4n) is 3.74. The molecule has 0 spiro atoms. The largest absolute Gasteiger partial charge is 0.376 e. The molecule has 16 heavy (non-hydrogen) atoms. The summed E-state index contributed by atoms with van der Waals surface area (Å²) in [5.41, 5.74) is 6.77. The molecule has 0 radical (unpaired) electrons. The molecule has 2 fully saturated rings. The van der Waals surface area contributed by atoms with Gasteiger partial charge < -0.3 is 10.5 Å². The quantitative estimate of drug-likeness (QED) is 0.798. The Labute approximate surface area is 99.9 Å². The molecule has 2 saturated carbocycles. The van der Waals surface area contributed by atoms with E-state index >= 15 is 0 Å². The standard InChI is InChI=1S/C14H27NO/c1-5-11(15)9-16-12-8-10-6-7-14(12,4)13(10,2)3/h10-12H,5-9,15H2,1-4H3. The van der Waals surface area contributed by atoms with Gasteiger partial charge >= 0.3 is 0 Å². The van der Waals surface area contributed by atoms with E-state index in [-0.39, 0.29) is 6.04 Å². The summed E-state index contributed by atoms with van der Waals surface area (Å²) in [6, 6.07) is 0.214. The molecular formula is C14H27NO. The lowest BCUT2D eigenvalue weighted by molar-refractivity contribution is -0.0509. The molecule has 0 aromatic rings.